The summed E-state index contributed by atoms with van der Waals surface area (Å²) in [6.07, 6.45) is -4.72. The number of fused-ring (bicyclic) bond motifs is 1. The number of hydrogen-bond acceptors (Lipinski definition) is 10. The molecule has 5 aromatic rings. The van der Waals surface area contributed by atoms with Crippen LogP contribution in [0.5, 0.6) is 0 Å². The number of hydrogen-bond donors (Lipinski definition) is 0. The van der Waals surface area contributed by atoms with Crippen molar-refractivity contribution in [2.75, 3.05) is 13.2 Å². The third-order valence-corrected chi connectivity index (χ3v) is 8.92. The van der Waals surface area contributed by atoms with Crippen molar-refractivity contribution in [1.82, 2.24) is 0 Å². The molecule has 10 nitrogen and oxygen atoms in total. The molecule has 7 rings (SSSR count). The number of rotatable bonds is 13. The zero-order valence-electron chi connectivity index (χ0n) is 28.7. The second-order valence-corrected chi connectivity index (χ2v) is 12.5. The van der Waals surface area contributed by atoms with Crippen LogP contribution in [0.3, 0.4) is 0 Å². The third kappa shape index (κ3) is 8.54. The number of carbonyl (C=O) groups is 3. The summed E-state index contributed by atoms with van der Waals surface area (Å²) >= 11 is 0. The molecule has 2 saturated heterocycles. The molecular weight excluding hydrogens is 676 g/mol. The average Bonchev–Trinajstić information content (AvgIpc) is 3.60. The van der Waals surface area contributed by atoms with Gasteiger partial charge in [-0.15, -0.1) is 0 Å². The van der Waals surface area contributed by atoms with Gasteiger partial charge in [-0.1, -0.05) is 115 Å². The maximum Gasteiger partial charge on any atom is 0.338 e. The zero-order valence-corrected chi connectivity index (χ0v) is 28.7. The monoisotopic (exact) mass is 714 g/mol. The maximum absolute atomic E-state index is 13.7. The predicted molar refractivity (Wildman–Crippen MR) is 191 cm³/mol. The van der Waals surface area contributed by atoms with Crippen LogP contribution in [0.15, 0.2) is 152 Å². The van der Waals surface area contributed by atoms with Crippen molar-refractivity contribution in [1.29, 1.82) is 0 Å². The second kappa shape index (κ2) is 16.8. The molecule has 0 aliphatic carbocycles. The van der Waals surface area contributed by atoms with E-state index in [-0.39, 0.29) is 24.3 Å². The van der Waals surface area contributed by atoms with Crippen LogP contribution in [0.2, 0.25) is 0 Å². The highest BCUT2D eigenvalue weighted by Gasteiger charge is 2.62. The Morgan fingerprint density at radius 1 is 0.566 bits per heavy atom. The molecule has 0 spiro atoms. The molecule has 10 heteroatoms. The molecule has 0 radical (unpaired) electrons. The van der Waals surface area contributed by atoms with Gasteiger partial charge in [-0.3, -0.25) is 4.74 Å². The summed E-state index contributed by atoms with van der Waals surface area (Å²) in [7, 11) is 0. The predicted octanol–water partition coefficient (Wildman–Crippen LogP) is 6.89. The van der Waals surface area contributed by atoms with Crippen LogP contribution in [-0.4, -0.2) is 61.8 Å². The summed E-state index contributed by atoms with van der Waals surface area (Å²) in [5.41, 5.74) is 2.53. The van der Waals surface area contributed by atoms with Crippen molar-refractivity contribution in [2.45, 2.75) is 49.5 Å². The Balaban J connectivity index is 1.22. The van der Waals surface area contributed by atoms with Crippen molar-refractivity contribution >= 4 is 17.9 Å². The third-order valence-electron chi connectivity index (χ3n) is 8.92. The average molecular weight is 715 g/mol. The van der Waals surface area contributed by atoms with Crippen LogP contribution in [0.1, 0.15) is 48.6 Å². The van der Waals surface area contributed by atoms with Crippen molar-refractivity contribution in [3.63, 3.8) is 0 Å². The molecule has 0 aromatic heterocycles. The lowest BCUT2D eigenvalue weighted by Gasteiger charge is -2.41. The summed E-state index contributed by atoms with van der Waals surface area (Å²) in [5.74, 6) is -3.80. The molecule has 0 bridgehead atoms. The fraction of sp³-hybridized carbons (Fsp3) is 0.233. The minimum atomic E-state index is -1.78. The molecule has 6 atom stereocenters. The van der Waals surface area contributed by atoms with Gasteiger partial charge in [0.25, 0.3) is 0 Å². The Kier molecular flexibility index (Phi) is 11.3. The highest BCUT2D eigenvalue weighted by molar-refractivity contribution is 5.91. The first-order valence-electron chi connectivity index (χ1n) is 17.5. The minimum absolute atomic E-state index is 0.238. The molecule has 270 valence electrons. The van der Waals surface area contributed by atoms with Gasteiger partial charge in [0.1, 0.15) is 12.7 Å². The molecule has 2 heterocycles. The smallest absolute Gasteiger partial charge is 0.338 e. The quantitative estimate of drug-likeness (QED) is 0.0725. The molecule has 53 heavy (non-hydrogen) atoms. The lowest BCUT2D eigenvalue weighted by atomic mass is 9.98. The Morgan fingerprint density at radius 3 is 1.62 bits per heavy atom. The van der Waals surface area contributed by atoms with Crippen LogP contribution >= 0.6 is 0 Å². The maximum atomic E-state index is 13.7. The van der Waals surface area contributed by atoms with E-state index in [2.05, 4.69) is 0 Å². The Hall–Kier alpha value is -5.65. The van der Waals surface area contributed by atoms with E-state index in [1.165, 1.54) is 0 Å². The van der Waals surface area contributed by atoms with Gasteiger partial charge in [0.05, 0.1) is 23.3 Å². The first-order valence-corrected chi connectivity index (χ1v) is 17.5. The number of ether oxygens (including phenoxy) is 7. The van der Waals surface area contributed by atoms with E-state index in [1.807, 2.05) is 48.5 Å². The Morgan fingerprint density at radius 2 is 1.06 bits per heavy atom. The molecule has 0 amide bonds. The van der Waals surface area contributed by atoms with Crippen molar-refractivity contribution in [3.8, 4) is 0 Å². The largest absolute Gasteiger partial charge is 0.459 e. The lowest BCUT2D eigenvalue weighted by Crippen LogP contribution is -2.60. The van der Waals surface area contributed by atoms with Gasteiger partial charge in [0.15, 0.2) is 24.6 Å². The van der Waals surface area contributed by atoms with Gasteiger partial charge in [-0.25, -0.2) is 14.4 Å². The summed E-state index contributed by atoms with van der Waals surface area (Å²) in [6.45, 7) is -0.134. The van der Waals surface area contributed by atoms with Crippen molar-refractivity contribution in [2.24, 2.45) is 0 Å². The topological polar surface area (TPSA) is 116 Å². The molecule has 0 N–H and O–H groups in total. The van der Waals surface area contributed by atoms with E-state index in [0.29, 0.717) is 17.5 Å². The van der Waals surface area contributed by atoms with Gasteiger partial charge >= 0.3 is 23.9 Å². The molecular formula is C43H38O10. The van der Waals surface area contributed by atoms with E-state index < -0.39 is 54.6 Å². The number of aryl methyl sites for hydroxylation is 1. The molecule has 2 fully saturated rings. The van der Waals surface area contributed by atoms with E-state index in [0.717, 1.165) is 12.0 Å². The zero-order chi connectivity index (χ0) is 36.5. The van der Waals surface area contributed by atoms with Gasteiger partial charge in [-0.05, 0) is 54.8 Å². The van der Waals surface area contributed by atoms with E-state index in [4.69, 9.17) is 33.2 Å². The first kappa shape index (κ1) is 35.7. The van der Waals surface area contributed by atoms with Gasteiger partial charge < -0.3 is 28.4 Å². The van der Waals surface area contributed by atoms with Crippen LogP contribution in [-0.2, 0) is 45.6 Å². The minimum Gasteiger partial charge on any atom is -0.459 e. The Bertz CT molecular complexity index is 1940. The van der Waals surface area contributed by atoms with Crippen LogP contribution in [0, 0.1) is 0 Å². The fourth-order valence-corrected chi connectivity index (χ4v) is 6.27. The second-order valence-electron chi connectivity index (χ2n) is 12.5. The number of esters is 3. The summed E-state index contributed by atoms with van der Waals surface area (Å²) < 4.78 is 44.1. The summed E-state index contributed by atoms with van der Waals surface area (Å²) in [4.78, 5) is 40.5. The molecule has 2 aliphatic heterocycles. The van der Waals surface area contributed by atoms with Gasteiger partial charge in [0.2, 0.25) is 0 Å². The SMILES string of the molecule is O=C(OC[C@H]1O[C@@H]2OC(OCCCc3ccccc3)(c3ccccc3)O[C@@H]2[C@@H](OC(=O)c2ccccc2)[C@@H]1OC(=O)c1ccccc1)c1ccccc1. The number of benzene rings is 5. The standard InChI is InChI=1S/C43H38O10/c44-39(31-20-8-2-9-21-31)47-29-35-36(50-40(45)32-22-10-3-11-23-32)37(51-41(46)33-24-12-4-13-25-33)38-42(49-35)53-43(52-38,34-26-14-5-15-27-34)48-28-16-19-30-17-6-1-7-18-30/h1-15,17-18,20-27,35-38,42H,16,19,28-29H2/t35-,36-,37+,38-,42-,43?/m1/s1. The van der Waals surface area contributed by atoms with E-state index in [9.17, 15) is 14.4 Å². The highest BCUT2D eigenvalue weighted by atomic mass is 16.9. The Labute approximate surface area is 307 Å². The number of carbonyl (C=O) groups excluding carboxylic acids is 3. The van der Waals surface area contributed by atoms with E-state index in [1.54, 1.807) is 103 Å². The highest BCUT2D eigenvalue weighted by Crippen LogP contribution is 2.45. The van der Waals surface area contributed by atoms with Crippen LogP contribution < -0.4 is 0 Å². The summed E-state index contributed by atoms with van der Waals surface area (Å²) in [6, 6.07) is 44.4. The normalized spacial score (nSPS) is 23.4. The fourth-order valence-electron chi connectivity index (χ4n) is 6.27. The van der Waals surface area contributed by atoms with Gasteiger partial charge in [-0.2, -0.15) is 0 Å². The molecule has 2 aliphatic rings. The first-order chi connectivity index (χ1) is 26.0. The van der Waals surface area contributed by atoms with Crippen molar-refractivity contribution < 1.29 is 47.5 Å². The van der Waals surface area contributed by atoms with Gasteiger partial charge in [0, 0.05) is 5.56 Å². The van der Waals surface area contributed by atoms with Crippen LogP contribution in [0.4, 0.5) is 0 Å². The lowest BCUT2D eigenvalue weighted by molar-refractivity contribution is -0.367. The van der Waals surface area contributed by atoms with E-state index >= 15 is 0 Å². The summed E-state index contributed by atoms with van der Waals surface area (Å²) in [5, 5.41) is 0. The van der Waals surface area contributed by atoms with Crippen LogP contribution in [0.25, 0.3) is 0 Å². The molecule has 0 saturated carbocycles. The van der Waals surface area contributed by atoms with Crippen molar-refractivity contribution in [3.05, 3.63) is 179 Å². The molecule has 5 aromatic carbocycles. The molecule has 1 unspecified atom stereocenters.